The van der Waals surface area contributed by atoms with Crippen LogP contribution in [0.3, 0.4) is 0 Å². The fourth-order valence-corrected chi connectivity index (χ4v) is 2.28. The molecule has 7 heteroatoms. The molecule has 0 fully saturated rings. The molecule has 1 amide bonds. The van der Waals surface area contributed by atoms with Crippen molar-refractivity contribution in [1.29, 1.82) is 0 Å². The lowest BCUT2D eigenvalue weighted by Crippen LogP contribution is -2.26. The summed E-state index contributed by atoms with van der Waals surface area (Å²) in [6.07, 6.45) is 2.09. The smallest absolute Gasteiger partial charge is 0.229 e. The number of benzene rings is 1. The van der Waals surface area contributed by atoms with Gasteiger partial charge in [-0.3, -0.25) is 9.52 Å². The molecule has 0 aliphatic heterocycles. The normalized spacial score (nSPS) is 12.8. The van der Waals surface area contributed by atoms with Gasteiger partial charge < -0.3 is 11.1 Å². The Kier molecular flexibility index (Phi) is 5.52. The minimum absolute atomic E-state index is 0.150. The number of anilines is 2. The monoisotopic (exact) mass is 299 g/mol. The lowest BCUT2D eigenvalue weighted by atomic mass is 10.1. The molecular weight excluding hydrogens is 278 g/mol. The van der Waals surface area contributed by atoms with Crippen LogP contribution in [0.4, 0.5) is 11.4 Å². The van der Waals surface area contributed by atoms with Crippen LogP contribution in [0.25, 0.3) is 0 Å². The first kappa shape index (κ1) is 16.5. The highest BCUT2D eigenvalue weighted by atomic mass is 32.2. The predicted octanol–water partition coefficient (Wildman–Crippen LogP) is 1.43. The van der Waals surface area contributed by atoms with Crippen LogP contribution >= 0.6 is 0 Å². The molecule has 0 saturated carbocycles. The molecule has 0 saturated heterocycles. The van der Waals surface area contributed by atoms with E-state index in [1.807, 2.05) is 6.92 Å². The quantitative estimate of drug-likeness (QED) is 0.739. The minimum atomic E-state index is -3.31. The highest BCUT2D eigenvalue weighted by Gasteiger charge is 2.09. The number of sulfonamides is 1. The van der Waals surface area contributed by atoms with Crippen LogP contribution in [0.2, 0.25) is 0 Å². The summed E-state index contributed by atoms with van der Waals surface area (Å²) in [6.45, 7) is 3.69. The maximum atomic E-state index is 11.7. The first-order valence-corrected chi connectivity index (χ1v) is 8.24. The van der Waals surface area contributed by atoms with Crippen LogP contribution in [-0.4, -0.2) is 26.6 Å². The van der Waals surface area contributed by atoms with E-state index in [0.717, 1.165) is 18.2 Å². The zero-order valence-corrected chi connectivity index (χ0v) is 12.8. The number of aryl methyl sites for hydroxylation is 1. The Morgan fingerprint density at radius 2 is 2.05 bits per heavy atom. The number of amides is 1. The van der Waals surface area contributed by atoms with Crippen molar-refractivity contribution in [2.75, 3.05) is 16.3 Å². The summed E-state index contributed by atoms with van der Waals surface area (Å²) in [5.74, 6) is -0.150. The third-order valence-electron chi connectivity index (χ3n) is 2.78. The molecule has 1 rings (SSSR count). The average molecular weight is 299 g/mol. The molecule has 0 bridgehead atoms. The van der Waals surface area contributed by atoms with E-state index in [1.165, 1.54) is 0 Å². The summed E-state index contributed by atoms with van der Waals surface area (Å²) in [5.41, 5.74) is 7.56. The van der Waals surface area contributed by atoms with Gasteiger partial charge in [-0.2, -0.15) is 0 Å². The second kappa shape index (κ2) is 6.71. The van der Waals surface area contributed by atoms with E-state index in [4.69, 9.17) is 5.73 Å². The Morgan fingerprint density at radius 3 is 2.55 bits per heavy atom. The Morgan fingerprint density at radius 1 is 1.40 bits per heavy atom. The van der Waals surface area contributed by atoms with Crippen LogP contribution in [0.1, 0.15) is 25.3 Å². The first-order valence-electron chi connectivity index (χ1n) is 6.35. The molecule has 0 heterocycles. The number of nitrogens with two attached hydrogens (primary N) is 1. The molecule has 0 radical (unpaired) electrons. The van der Waals surface area contributed by atoms with Crippen molar-refractivity contribution in [3.8, 4) is 0 Å². The summed E-state index contributed by atoms with van der Waals surface area (Å²) in [7, 11) is -3.31. The van der Waals surface area contributed by atoms with E-state index in [1.54, 1.807) is 25.1 Å². The SMILES string of the molecule is CCC(N)CC(=O)Nc1ccc(NS(C)(=O)=O)c(C)c1. The van der Waals surface area contributed by atoms with E-state index in [2.05, 4.69) is 10.0 Å². The molecule has 0 aromatic heterocycles. The van der Waals surface area contributed by atoms with Crippen LogP contribution in [0, 0.1) is 6.92 Å². The largest absolute Gasteiger partial charge is 0.327 e. The van der Waals surface area contributed by atoms with Gasteiger partial charge in [-0.25, -0.2) is 8.42 Å². The third-order valence-corrected chi connectivity index (χ3v) is 3.37. The van der Waals surface area contributed by atoms with Gasteiger partial charge in [0, 0.05) is 18.2 Å². The van der Waals surface area contributed by atoms with Crippen LogP contribution in [0.5, 0.6) is 0 Å². The van der Waals surface area contributed by atoms with E-state index in [0.29, 0.717) is 11.4 Å². The molecule has 1 unspecified atom stereocenters. The number of hydrogen-bond acceptors (Lipinski definition) is 4. The predicted molar refractivity (Wildman–Crippen MR) is 81.2 cm³/mol. The molecule has 112 valence electrons. The van der Waals surface area contributed by atoms with Crippen molar-refractivity contribution < 1.29 is 13.2 Å². The van der Waals surface area contributed by atoms with Gasteiger partial charge in [-0.15, -0.1) is 0 Å². The van der Waals surface area contributed by atoms with Gasteiger partial charge in [0.2, 0.25) is 15.9 Å². The maximum Gasteiger partial charge on any atom is 0.229 e. The van der Waals surface area contributed by atoms with Gasteiger partial charge >= 0.3 is 0 Å². The molecular formula is C13H21N3O3S. The number of hydrogen-bond donors (Lipinski definition) is 3. The molecule has 20 heavy (non-hydrogen) atoms. The lowest BCUT2D eigenvalue weighted by Gasteiger charge is -2.12. The molecule has 1 aromatic rings. The van der Waals surface area contributed by atoms with E-state index >= 15 is 0 Å². The fourth-order valence-electron chi connectivity index (χ4n) is 1.65. The molecule has 0 aliphatic carbocycles. The zero-order chi connectivity index (χ0) is 15.3. The van der Waals surface area contributed by atoms with Crippen molar-refractivity contribution in [2.24, 2.45) is 5.73 Å². The van der Waals surface area contributed by atoms with Crippen LogP contribution in [0.15, 0.2) is 18.2 Å². The standard InChI is InChI=1S/C13H21N3O3S/c1-4-10(14)8-13(17)15-11-5-6-12(9(2)7-11)16-20(3,18)19/h5-7,10,16H,4,8,14H2,1-3H3,(H,15,17). The van der Waals surface area contributed by atoms with E-state index < -0.39 is 10.0 Å². The van der Waals surface area contributed by atoms with Gasteiger partial charge in [-0.1, -0.05) is 6.92 Å². The van der Waals surface area contributed by atoms with E-state index in [9.17, 15) is 13.2 Å². The fraction of sp³-hybridized carbons (Fsp3) is 0.462. The highest BCUT2D eigenvalue weighted by Crippen LogP contribution is 2.20. The summed E-state index contributed by atoms with van der Waals surface area (Å²) in [5, 5.41) is 2.74. The summed E-state index contributed by atoms with van der Waals surface area (Å²) in [4.78, 5) is 11.7. The second-order valence-electron chi connectivity index (χ2n) is 4.82. The topological polar surface area (TPSA) is 101 Å². The molecule has 0 aliphatic rings. The van der Waals surface area contributed by atoms with Crippen molar-refractivity contribution in [3.63, 3.8) is 0 Å². The molecule has 0 spiro atoms. The first-order chi connectivity index (χ1) is 9.21. The number of rotatable bonds is 6. The van der Waals surface area contributed by atoms with Crippen LogP contribution < -0.4 is 15.8 Å². The lowest BCUT2D eigenvalue weighted by molar-refractivity contribution is -0.116. The Bertz CT molecular complexity index is 585. The van der Waals surface area contributed by atoms with Crippen molar-refractivity contribution in [1.82, 2.24) is 0 Å². The highest BCUT2D eigenvalue weighted by molar-refractivity contribution is 7.92. The molecule has 6 nitrogen and oxygen atoms in total. The second-order valence-corrected chi connectivity index (χ2v) is 6.57. The zero-order valence-electron chi connectivity index (χ0n) is 11.9. The Labute approximate surface area is 119 Å². The minimum Gasteiger partial charge on any atom is -0.327 e. The summed E-state index contributed by atoms with van der Waals surface area (Å²) in [6, 6.07) is 4.83. The van der Waals surface area contributed by atoms with Crippen LogP contribution in [-0.2, 0) is 14.8 Å². The van der Waals surface area contributed by atoms with Crippen molar-refractivity contribution in [2.45, 2.75) is 32.7 Å². The average Bonchev–Trinajstić information content (AvgIpc) is 2.31. The molecule has 1 aromatic carbocycles. The van der Waals surface area contributed by atoms with Gasteiger partial charge in [0.05, 0.1) is 11.9 Å². The van der Waals surface area contributed by atoms with E-state index in [-0.39, 0.29) is 18.4 Å². The van der Waals surface area contributed by atoms with Crippen molar-refractivity contribution in [3.05, 3.63) is 23.8 Å². The summed E-state index contributed by atoms with van der Waals surface area (Å²) >= 11 is 0. The third kappa shape index (κ3) is 5.58. The van der Waals surface area contributed by atoms with Crippen molar-refractivity contribution >= 4 is 27.3 Å². The number of carbonyl (C=O) groups is 1. The van der Waals surface area contributed by atoms with Gasteiger partial charge in [0.25, 0.3) is 0 Å². The summed E-state index contributed by atoms with van der Waals surface area (Å²) < 4.78 is 24.8. The molecule has 4 N–H and O–H groups in total. The number of carbonyl (C=O) groups excluding carboxylic acids is 1. The Hall–Kier alpha value is -1.60. The van der Waals surface area contributed by atoms with Gasteiger partial charge in [0.1, 0.15) is 0 Å². The maximum absolute atomic E-state index is 11.7. The Balaban J connectivity index is 2.75. The number of nitrogens with one attached hydrogen (secondary N) is 2. The molecule has 1 atom stereocenters. The van der Waals surface area contributed by atoms with Gasteiger partial charge in [-0.05, 0) is 37.1 Å². The van der Waals surface area contributed by atoms with Gasteiger partial charge in [0.15, 0.2) is 0 Å².